The largest absolute Gasteiger partial charge is 0.382 e. The van der Waals surface area contributed by atoms with Crippen molar-refractivity contribution in [3.8, 4) is 0 Å². The summed E-state index contributed by atoms with van der Waals surface area (Å²) >= 11 is 7.33. The van der Waals surface area contributed by atoms with Crippen LogP contribution in [0.5, 0.6) is 0 Å². The molecule has 0 radical (unpaired) electrons. The van der Waals surface area contributed by atoms with Gasteiger partial charge < -0.3 is 10.6 Å². The number of anilines is 2. The number of sulfonamides is 1. The lowest BCUT2D eigenvalue weighted by molar-refractivity contribution is 0.543. The summed E-state index contributed by atoms with van der Waals surface area (Å²) in [5.74, 6) is -0.892. The van der Waals surface area contributed by atoms with E-state index in [-0.39, 0.29) is 16.2 Å². The molecule has 0 amide bonds. The second kappa shape index (κ2) is 10.2. The van der Waals surface area contributed by atoms with Gasteiger partial charge in [0.25, 0.3) is 10.0 Å². The van der Waals surface area contributed by atoms with Gasteiger partial charge >= 0.3 is 0 Å². The van der Waals surface area contributed by atoms with Crippen LogP contribution in [0, 0.1) is 5.82 Å². The number of hydrogen-bond donors (Lipinski definition) is 3. The van der Waals surface area contributed by atoms with Crippen LogP contribution in [0.2, 0.25) is 5.02 Å². The fraction of sp³-hybridized carbons (Fsp3) is 0.250. The van der Waals surface area contributed by atoms with Crippen molar-refractivity contribution in [3.05, 3.63) is 70.4 Å². The molecule has 0 aliphatic heterocycles. The molecule has 160 valence electrons. The molecule has 0 spiro atoms. The Kier molecular flexibility index (Phi) is 7.65. The Labute approximate surface area is 184 Å². The first-order chi connectivity index (χ1) is 14.4. The van der Waals surface area contributed by atoms with Crippen LogP contribution in [0.25, 0.3) is 0 Å². The number of hydrogen-bond acceptors (Lipinski definition) is 6. The fourth-order valence-corrected chi connectivity index (χ4v) is 5.05. The third kappa shape index (κ3) is 5.91. The number of nitrogens with one attached hydrogen (secondary N) is 3. The molecule has 0 aliphatic carbocycles. The van der Waals surface area contributed by atoms with E-state index in [1.54, 1.807) is 5.38 Å². The number of halogens is 2. The van der Waals surface area contributed by atoms with E-state index in [4.69, 9.17) is 11.6 Å². The molecule has 1 heterocycles. The number of thiazole rings is 1. The predicted octanol–water partition coefficient (Wildman–Crippen LogP) is 4.37. The van der Waals surface area contributed by atoms with Crippen LogP contribution in [0.1, 0.15) is 12.0 Å². The lowest BCUT2D eigenvalue weighted by Crippen LogP contribution is -2.33. The third-order valence-corrected chi connectivity index (χ3v) is 7.02. The van der Waals surface area contributed by atoms with Gasteiger partial charge in [-0.1, -0.05) is 41.9 Å². The Balaban J connectivity index is 1.65. The van der Waals surface area contributed by atoms with Crippen LogP contribution in [-0.2, 0) is 16.4 Å². The van der Waals surface area contributed by atoms with Crippen molar-refractivity contribution < 1.29 is 12.8 Å². The van der Waals surface area contributed by atoms with Gasteiger partial charge in [-0.2, -0.15) is 0 Å². The number of nitrogens with zero attached hydrogens (tertiary/aromatic N) is 1. The lowest BCUT2D eigenvalue weighted by atomic mass is 10.1. The number of aryl methyl sites for hydroxylation is 1. The van der Waals surface area contributed by atoms with Crippen molar-refractivity contribution in [2.24, 2.45) is 0 Å². The lowest BCUT2D eigenvalue weighted by Gasteiger charge is -2.19. The van der Waals surface area contributed by atoms with Gasteiger partial charge in [0.05, 0.1) is 10.7 Å². The van der Waals surface area contributed by atoms with Crippen molar-refractivity contribution in [3.63, 3.8) is 0 Å². The first-order valence-electron chi connectivity index (χ1n) is 9.25. The zero-order valence-electron chi connectivity index (χ0n) is 16.2. The molecule has 0 saturated heterocycles. The zero-order valence-corrected chi connectivity index (χ0v) is 18.6. The maximum Gasteiger partial charge on any atom is 0.266 e. The summed E-state index contributed by atoms with van der Waals surface area (Å²) in [7, 11) is -2.27. The second-order valence-corrected chi connectivity index (χ2v) is 9.55. The van der Waals surface area contributed by atoms with Crippen LogP contribution in [0.3, 0.4) is 0 Å². The molecule has 1 atom stereocenters. The van der Waals surface area contributed by atoms with Crippen LogP contribution < -0.4 is 15.4 Å². The minimum atomic E-state index is -4.13. The second-order valence-electron chi connectivity index (χ2n) is 6.60. The molecule has 0 saturated carbocycles. The van der Waals surface area contributed by atoms with Gasteiger partial charge in [-0.05, 0) is 37.6 Å². The van der Waals surface area contributed by atoms with Gasteiger partial charge in [-0.15, -0.1) is 11.3 Å². The summed E-state index contributed by atoms with van der Waals surface area (Å²) in [6.45, 7) is 0.506. The molecule has 1 aromatic heterocycles. The van der Waals surface area contributed by atoms with Gasteiger partial charge in [0.15, 0.2) is 5.13 Å². The van der Waals surface area contributed by atoms with E-state index >= 15 is 0 Å². The van der Waals surface area contributed by atoms with Crippen molar-refractivity contribution in [1.82, 2.24) is 10.3 Å². The van der Waals surface area contributed by atoms with Crippen molar-refractivity contribution in [2.45, 2.75) is 23.8 Å². The van der Waals surface area contributed by atoms with Gasteiger partial charge in [0.1, 0.15) is 10.7 Å². The monoisotopic (exact) mass is 468 g/mol. The highest BCUT2D eigenvalue weighted by molar-refractivity contribution is 7.93. The van der Waals surface area contributed by atoms with Gasteiger partial charge in [0, 0.05) is 24.2 Å². The smallest absolute Gasteiger partial charge is 0.266 e. The summed E-state index contributed by atoms with van der Waals surface area (Å²) in [6.07, 6.45) is 3.22. The SMILES string of the molecule is CNC(CCc1ccccc1)CNc1cc(F)c(S(=O)(=O)Nc2nccs2)cc1Cl. The predicted molar refractivity (Wildman–Crippen MR) is 120 cm³/mol. The third-order valence-electron chi connectivity index (χ3n) is 4.54. The molecule has 0 aliphatic rings. The molecule has 1 unspecified atom stereocenters. The Bertz CT molecular complexity index is 1060. The fourth-order valence-electron chi connectivity index (χ4n) is 2.88. The maximum absolute atomic E-state index is 14.6. The molecule has 0 fully saturated rings. The standard InChI is InChI=1S/C20H22ClFN4O2S2/c1-23-15(8-7-14-5-3-2-4-6-14)13-25-18-12-17(22)19(11-16(18)21)30(27,28)26-20-24-9-10-29-20/h2-6,9-12,15,23,25H,7-8,13H2,1H3,(H,24,26). The highest BCUT2D eigenvalue weighted by Gasteiger charge is 2.22. The van der Waals surface area contributed by atoms with Crippen LogP contribution in [0.15, 0.2) is 58.9 Å². The number of rotatable bonds is 10. The van der Waals surface area contributed by atoms with Crippen molar-refractivity contribution >= 4 is 43.8 Å². The topological polar surface area (TPSA) is 83.1 Å². The highest BCUT2D eigenvalue weighted by Crippen LogP contribution is 2.29. The first kappa shape index (κ1) is 22.5. The molecular weight excluding hydrogens is 447 g/mol. The molecule has 0 bridgehead atoms. The Morgan fingerprint density at radius 1 is 1.23 bits per heavy atom. The summed E-state index contributed by atoms with van der Waals surface area (Å²) in [4.78, 5) is 3.32. The number of aromatic nitrogens is 1. The average Bonchev–Trinajstić information content (AvgIpc) is 3.23. The molecular formula is C20H22ClFN4O2S2. The van der Waals surface area contributed by atoms with Crippen molar-refractivity contribution in [1.29, 1.82) is 0 Å². The van der Waals surface area contributed by atoms with Crippen LogP contribution in [0.4, 0.5) is 15.2 Å². The van der Waals surface area contributed by atoms with E-state index in [1.807, 2.05) is 25.2 Å². The molecule has 30 heavy (non-hydrogen) atoms. The Hall–Kier alpha value is -2.20. The highest BCUT2D eigenvalue weighted by atomic mass is 35.5. The Morgan fingerprint density at radius 2 is 2.00 bits per heavy atom. The van der Waals surface area contributed by atoms with E-state index in [2.05, 4.69) is 32.5 Å². The molecule has 3 N–H and O–H groups in total. The first-order valence-corrected chi connectivity index (χ1v) is 12.0. The minimum Gasteiger partial charge on any atom is -0.382 e. The van der Waals surface area contributed by atoms with E-state index in [1.165, 1.54) is 11.8 Å². The number of benzene rings is 2. The van der Waals surface area contributed by atoms with Gasteiger partial charge in [-0.25, -0.2) is 17.8 Å². The van der Waals surface area contributed by atoms with E-state index < -0.39 is 20.7 Å². The molecule has 3 aromatic rings. The summed E-state index contributed by atoms with van der Waals surface area (Å²) in [5, 5.41) is 8.22. The van der Waals surface area contributed by atoms with Crippen LogP contribution >= 0.6 is 22.9 Å². The number of likely N-dealkylation sites (N-methyl/N-ethyl adjacent to an activating group) is 1. The van der Waals surface area contributed by atoms with Crippen LogP contribution in [-0.4, -0.2) is 33.0 Å². The van der Waals surface area contributed by atoms with Gasteiger partial charge in [-0.3, -0.25) is 4.72 Å². The minimum absolute atomic E-state index is 0.119. The summed E-state index contributed by atoms with van der Waals surface area (Å²) < 4.78 is 41.7. The van der Waals surface area contributed by atoms with Gasteiger partial charge in [0.2, 0.25) is 0 Å². The van der Waals surface area contributed by atoms with E-state index in [9.17, 15) is 12.8 Å². The van der Waals surface area contributed by atoms with E-state index in [0.29, 0.717) is 12.2 Å². The molecule has 10 heteroatoms. The average molecular weight is 469 g/mol. The summed E-state index contributed by atoms with van der Waals surface area (Å²) in [5.41, 5.74) is 1.58. The molecule has 2 aromatic carbocycles. The van der Waals surface area contributed by atoms with Crippen molar-refractivity contribution in [2.75, 3.05) is 23.6 Å². The quantitative estimate of drug-likeness (QED) is 0.411. The maximum atomic E-state index is 14.6. The molecule has 3 rings (SSSR count). The summed E-state index contributed by atoms with van der Waals surface area (Å²) in [6, 6.07) is 12.5. The normalized spacial score (nSPS) is 12.5. The Morgan fingerprint density at radius 3 is 2.67 bits per heavy atom. The van der Waals surface area contributed by atoms with E-state index in [0.717, 1.165) is 36.3 Å². The molecule has 6 nitrogen and oxygen atoms in total. The zero-order chi connectivity index (χ0) is 21.6.